The molecule has 0 aromatic carbocycles. The molecule has 0 N–H and O–H groups in total. The molecule has 3 aromatic heterocycles. The van der Waals surface area contributed by atoms with Gasteiger partial charge in [0.1, 0.15) is 0 Å². The van der Waals surface area contributed by atoms with Gasteiger partial charge in [-0.15, -0.1) is 0 Å². The van der Waals surface area contributed by atoms with E-state index in [2.05, 4.69) is 39.9 Å². The molecule has 10 heteroatoms. The molecule has 5 heterocycles. The van der Waals surface area contributed by atoms with E-state index in [1.807, 2.05) is 0 Å². The van der Waals surface area contributed by atoms with Crippen molar-refractivity contribution in [1.29, 1.82) is 0 Å². The van der Waals surface area contributed by atoms with Gasteiger partial charge in [0, 0.05) is 22.6 Å². The van der Waals surface area contributed by atoms with Gasteiger partial charge in [0.15, 0.2) is 0 Å². The van der Waals surface area contributed by atoms with Crippen LogP contribution in [-0.4, -0.2) is 29.9 Å². The van der Waals surface area contributed by atoms with Crippen LogP contribution in [0.3, 0.4) is 0 Å². The Hall–Kier alpha value is -3.17. The summed E-state index contributed by atoms with van der Waals surface area (Å²) in [5, 5.41) is 0. The molecule has 2 aliphatic heterocycles. The van der Waals surface area contributed by atoms with Crippen LogP contribution in [0.2, 0.25) is 0 Å². The standard InChI is InChI=1S/C16H8N8.O.Ti/c1-2-10-17-9(1)21-11-3-4-13(18-11)23-15-7-8-16(20-15)24-14-6-5-12(19-14)22-10;;/h1-8H;;/q-2;;+2. The molecule has 8 bridgehead atoms. The average Bonchev–Trinajstić information content (AvgIpc) is 3.42. The predicted octanol–water partition coefficient (Wildman–Crippen LogP) is 1.37. The molecule has 0 saturated carbocycles. The summed E-state index contributed by atoms with van der Waals surface area (Å²) < 4.78 is 8.25. The molecule has 0 spiro atoms. The number of hydrogen-bond donors (Lipinski definition) is 0. The normalized spacial score (nSPS) is 11.9. The molecule has 0 amide bonds. The van der Waals surface area contributed by atoms with Crippen LogP contribution in [0.5, 0.6) is 0 Å². The molecule has 5 rings (SSSR count). The first-order chi connectivity index (χ1) is 12.8. The number of aromatic nitrogens is 8. The monoisotopic (exact) mass is 376 g/mol. The van der Waals surface area contributed by atoms with E-state index in [1.54, 1.807) is 48.6 Å². The van der Waals surface area contributed by atoms with Gasteiger partial charge >= 0.3 is 23.7 Å². The second-order valence-electron chi connectivity index (χ2n) is 5.09. The molecule has 0 radical (unpaired) electrons. The maximum absolute atomic E-state index is 8.25. The van der Waals surface area contributed by atoms with Crippen molar-refractivity contribution < 1.29 is 23.7 Å². The van der Waals surface area contributed by atoms with Gasteiger partial charge in [0.25, 0.3) is 0 Å². The van der Waals surface area contributed by atoms with Gasteiger partial charge in [-0.2, -0.15) is 0 Å². The minimum absolute atomic E-state index is 0.538. The summed E-state index contributed by atoms with van der Waals surface area (Å²) in [4.78, 5) is 34.8. The second kappa shape index (κ2) is 6.99. The van der Waals surface area contributed by atoms with E-state index >= 15 is 0 Å². The molecule has 0 fully saturated rings. The Morgan fingerprint density at radius 3 is 1.04 bits per heavy atom. The SMILES string of the molecule is C1=Cc2nc1nc1ccc(nc3nc(nc4ccc(n2)[n-]4)C=C3)[n-]1.[O]=[Ti+2]. The van der Waals surface area contributed by atoms with Crippen LogP contribution < -0.4 is 9.97 Å². The number of nitrogens with zero attached hydrogens (tertiary/aromatic N) is 8. The summed E-state index contributed by atoms with van der Waals surface area (Å²) in [5.41, 5.74) is 2.15. The van der Waals surface area contributed by atoms with Crippen LogP contribution in [0, 0.1) is 0 Å². The summed E-state index contributed by atoms with van der Waals surface area (Å²) in [5.74, 6) is 2.15. The Balaban J connectivity index is 0.000000814. The predicted molar refractivity (Wildman–Crippen MR) is 88.7 cm³/mol. The van der Waals surface area contributed by atoms with E-state index in [4.69, 9.17) is 3.32 Å². The summed E-state index contributed by atoms with van der Waals surface area (Å²) >= 11 is 0.750. The molecule has 0 unspecified atom stereocenters. The third-order valence-electron chi connectivity index (χ3n) is 3.36. The topological polar surface area (TPSA) is 123 Å². The Labute approximate surface area is 158 Å². The van der Waals surface area contributed by atoms with Gasteiger partial charge < -0.3 is 29.9 Å². The van der Waals surface area contributed by atoms with E-state index in [0.29, 0.717) is 45.9 Å². The Morgan fingerprint density at radius 1 is 0.500 bits per heavy atom. The van der Waals surface area contributed by atoms with Crippen molar-refractivity contribution in [2.45, 2.75) is 0 Å². The van der Waals surface area contributed by atoms with Crippen LogP contribution in [-0.2, 0) is 23.7 Å². The van der Waals surface area contributed by atoms with Crippen LogP contribution >= 0.6 is 0 Å². The second-order valence-corrected chi connectivity index (χ2v) is 5.09. The molecule has 0 atom stereocenters. The number of rotatable bonds is 0. The van der Waals surface area contributed by atoms with Gasteiger partial charge in [0.05, 0.1) is 23.3 Å². The van der Waals surface area contributed by atoms with Crippen molar-refractivity contribution in [1.82, 2.24) is 39.9 Å². The quantitative estimate of drug-likeness (QED) is 0.369. The van der Waals surface area contributed by atoms with Crippen LogP contribution in [0.4, 0.5) is 0 Å². The third kappa shape index (κ3) is 3.44. The van der Waals surface area contributed by atoms with Gasteiger partial charge in [-0.3, -0.25) is 0 Å². The zero-order valence-electron chi connectivity index (χ0n) is 13.1. The van der Waals surface area contributed by atoms with E-state index in [0.717, 1.165) is 20.4 Å². The van der Waals surface area contributed by atoms with E-state index in [1.165, 1.54) is 0 Å². The Bertz CT molecular complexity index is 1020. The first kappa shape index (κ1) is 16.3. The third-order valence-corrected chi connectivity index (χ3v) is 3.36. The molecule has 122 valence electrons. The fourth-order valence-corrected chi connectivity index (χ4v) is 2.33. The average molecular weight is 376 g/mol. The zero-order chi connectivity index (χ0) is 17.9. The van der Waals surface area contributed by atoms with E-state index in [-0.39, 0.29) is 0 Å². The number of fused-ring (bicyclic) bond motifs is 8. The molecular formula is C16H8N8OTi. The Morgan fingerprint density at radius 2 is 0.769 bits per heavy atom. The van der Waals surface area contributed by atoms with E-state index in [9.17, 15) is 0 Å². The van der Waals surface area contributed by atoms with Crippen molar-refractivity contribution in [2.24, 2.45) is 0 Å². The summed E-state index contributed by atoms with van der Waals surface area (Å²) in [7, 11) is 0. The van der Waals surface area contributed by atoms with Gasteiger partial charge in [0.2, 0.25) is 0 Å². The fraction of sp³-hybridized carbons (Fsp3) is 0. The van der Waals surface area contributed by atoms with Gasteiger partial charge in [-0.25, -0.2) is 9.97 Å². The van der Waals surface area contributed by atoms with Crippen LogP contribution in [0.25, 0.3) is 46.9 Å². The number of hydrogen-bond acceptors (Lipinski definition) is 7. The fourth-order valence-electron chi connectivity index (χ4n) is 2.33. The van der Waals surface area contributed by atoms with Crippen molar-refractivity contribution in [2.75, 3.05) is 0 Å². The first-order valence-corrected chi connectivity index (χ1v) is 8.06. The molecule has 26 heavy (non-hydrogen) atoms. The summed E-state index contributed by atoms with van der Waals surface area (Å²) in [6.07, 6.45) is 7.12. The van der Waals surface area contributed by atoms with Crippen molar-refractivity contribution >= 4 is 46.9 Å². The summed E-state index contributed by atoms with van der Waals surface area (Å²) in [6.45, 7) is 0. The van der Waals surface area contributed by atoms with Gasteiger partial charge in [-0.1, -0.05) is 0 Å². The first-order valence-electron chi connectivity index (χ1n) is 7.42. The van der Waals surface area contributed by atoms with Crippen molar-refractivity contribution in [3.05, 3.63) is 47.6 Å². The van der Waals surface area contributed by atoms with Crippen molar-refractivity contribution in [3.8, 4) is 0 Å². The van der Waals surface area contributed by atoms with Gasteiger partial charge in [-0.05, 0) is 48.6 Å². The zero-order valence-corrected chi connectivity index (χ0v) is 14.7. The molecule has 0 saturated heterocycles. The molecule has 3 aromatic rings. The molecule has 2 aliphatic rings. The molecule has 9 nitrogen and oxygen atoms in total. The molecular weight excluding hydrogens is 368 g/mol. The van der Waals surface area contributed by atoms with Crippen molar-refractivity contribution in [3.63, 3.8) is 0 Å². The van der Waals surface area contributed by atoms with Crippen LogP contribution in [0.15, 0.2) is 24.3 Å². The Kier molecular flexibility index (Phi) is 4.38. The maximum atomic E-state index is 8.25. The molecule has 0 aliphatic carbocycles. The van der Waals surface area contributed by atoms with E-state index < -0.39 is 0 Å². The van der Waals surface area contributed by atoms with Crippen LogP contribution in [0.1, 0.15) is 23.3 Å². The summed E-state index contributed by atoms with van der Waals surface area (Å²) in [6, 6.07) is 7.12. The minimum atomic E-state index is 0.538.